The number of anilines is 1. The molecule has 4 nitrogen and oxygen atoms in total. The predicted molar refractivity (Wildman–Crippen MR) is 88.3 cm³/mol. The van der Waals surface area contributed by atoms with E-state index < -0.39 is 15.1 Å². The van der Waals surface area contributed by atoms with Crippen molar-refractivity contribution in [2.75, 3.05) is 17.7 Å². The van der Waals surface area contributed by atoms with Crippen LogP contribution in [0.3, 0.4) is 0 Å². The van der Waals surface area contributed by atoms with Crippen LogP contribution in [0.15, 0.2) is 18.2 Å². The number of benzene rings is 1. The van der Waals surface area contributed by atoms with Crippen LogP contribution in [-0.2, 0) is 20.0 Å². The lowest BCUT2D eigenvalue weighted by molar-refractivity contribution is -0.118. The zero-order chi connectivity index (χ0) is 16.1. The summed E-state index contributed by atoms with van der Waals surface area (Å²) < 4.78 is 23.5. The molecule has 0 bridgehead atoms. The van der Waals surface area contributed by atoms with Gasteiger partial charge in [-0.05, 0) is 31.4 Å². The van der Waals surface area contributed by atoms with Crippen molar-refractivity contribution in [3.8, 4) is 0 Å². The smallest absolute Gasteiger partial charge is 0.245 e. The molecule has 22 heavy (non-hydrogen) atoms. The van der Waals surface area contributed by atoms with E-state index in [9.17, 15) is 13.2 Å². The summed E-state index contributed by atoms with van der Waals surface area (Å²) in [6, 6.07) is 5.71. The molecular formula is C16H20ClNO3S. The van der Waals surface area contributed by atoms with Crippen molar-refractivity contribution in [2.24, 2.45) is 0 Å². The summed E-state index contributed by atoms with van der Waals surface area (Å²) in [5.74, 6) is -0.374. The van der Waals surface area contributed by atoms with Crippen LogP contribution in [0.5, 0.6) is 0 Å². The molecule has 0 radical (unpaired) electrons. The lowest BCUT2D eigenvalue weighted by atomic mass is 9.81. The van der Waals surface area contributed by atoms with Gasteiger partial charge in [-0.25, -0.2) is 8.42 Å². The fourth-order valence-electron chi connectivity index (χ4n) is 3.75. The van der Waals surface area contributed by atoms with Gasteiger partial charge in [0, 0.05) is 18.2 Å². The highest BCUT2D eigenvalue weighted by molar-refractivity contribution is 7.92. The van der Waals surface area contributed by atoms with Gasteiger partial charge in [0.25, 0.3) is 0 Å². The van der Waals surface area contributed by atoms with Gasteiger partial charge in [0.1, 0.15) is 5.25 Å². The SMILES string of the molecule is CC(C(=O)N1CC2(CCCC2)c2cccc(Cl)c21)S(C)(=O)=O. The summed E-state index contributed by atoms with van der Waals surface area (Å²) in [7, 11) is -3.42. The molecule has 1 unspecified atom stereocenters. The topological polar surface area (TPSA) is 54.5 Å². The molecule has 1 heterocycles. The number of amides is 1. The van der Waals surface area contributed by atoms with E-state index in [4.69, 9.17) is 11.6 Å². The Morgan fingerprint density at radius 2 is 1.95 bits per heavy atom. The fraction of sp³-hybridized carbons (Fsp3) is 0.562. The number of carbonyl (C=O) groups is 1. The van der Waals surface area contributed by atoms with Gasteiger partial charge in [-0.2, -0.15) is 0 Å². The lowest BCUT2D eigenvalue weighted by Gasteiger charge is -2.25. The fourth-order valence-corrected chi connectivity index (χ4v) is 4.52. The molecule has 1 aliphatic carbocycles. The Labute approximate surface area is 136 Å². The molecule has 2 aliphatic rings. The standard InChI is InChI=1S/C16H20ClNO3S/c1-11(22(2,20)21)15(19)18-10-16(8-3-4-9-16)12-6-5-7-13(17)14(12)18/h5-7,11H,3-4,8-10H2,1-2H3. The van der Waals surface area contributed by atoms with E-state index >= 15 is 0 Å². The number of rotatable bonds is 2. The maximum atomic E-state index is 12.7. The first-order valence-electron chi connectivity index (χ1n) is 7.55. The minimum Gasteiger partial charge on any atom is -0.309 e. The second-order valence-corrected chi connectivity index (χ2v) is 9.29. The number of para-hydroxylation sites is 1. The van der Waals surface area contributed by atoms with Crippen molar-refractivity contribution in [1.82, 2.24) is 0 Å². The second-order valence-electron chi connectivity index (χ2n) is 6.52. The molecule has 1 amide bonds. The first-order valence-corrected chi connectivity index (χ1v) is 9.89. The number of nitrogens with zero attached hydrogens (tertiary/aromatic N) is 1. The molecule has 0 aromatic heterocycles. The van der Waals surface area contributed by atoms with Gasteiger partial charge >= 0.3 is 0 Å². The zero-order valence-corrected chi connectivity index (χ0v) is 14.4. The normalized spacial score (nSPS) is 21.1. The van der Waals surface area contributed by atoms with Crippen LogP contribution < -0.4 is 4.90 Å². The van der Waals surface area contributed by atoms with Gasteiger partial charge in [-0.3, -0.25) is 4.79 Å². The third kappa shape index (κ3) is 2.35. The van der Waals surface area contributed by atoms with E-state index in [0.29, 0.717) is 17.3 Å². The molecule has 6 heteroatoms. The molecule has 1 aromatic rings. The average molecular weight is 342 g/mol. The Morgan fingerprint density at radius 3 is 2.55 bits per heavy atom. The molecule has 0 N–H and O–H groups in total. The number of sulfone groups is 1. The summed E-state index contributed by atoms with van der Waals surface area (Å²) in [6.45, 7) is 2.00. The van der Waals surface area contributed by atoms with E-state index in [1.807, 2.05) is 12.1 Å². The predicted octanol–water partition coefficient (Wildman–Crippen LogP) is 2.93. The molecule has 1 spiro atoms. The summed E-state index contributed by atoms with van der Waals surface area (Å²) >= 11 is 6.35. The largest absolute Gasteiger partial charge is 0.309 e. The minimum atomic E-state index is -3.42. The summed E-state index contributed by atoms with van der Waals surface area (Å²) in [6.07, 6.45) is 5.42. The van der Waals surface area contributed by atoms with Crippen molar-refractivity contribution in [2.45, 2.75) is 43.3 Å². The van der Waals surface area contributed by atoms with Crippen LogP contribution in [0.4, 0.5) is 5.69 Å². The number of hydrogen-bond donors (Lipinski definition) is 0. The number of carbonyl (C=O) groups excluding carboxylic acids is 1. The van der Waals surface area contributed by atoms with Crippen molar-refractivity contribution < 1.29 is 13.2 Å². The van der Waals surface area contributed by atoms with Gasteiger partial charge in [0.15, 0.2) is 9.84 Å². The summed E-state index contributed by atoms with van der Waals surface area (Å²) in [4.78, 5) is 14.3. The van der Waals surface area contributed by atoms with E-state index in [1.165, 1.54) is 6.92 Å². The molecule has 1 saturated carbocycles. The van der Waals surface area contributed by atoms with Crippen molar-refractivity contribution in [3.63, 3.8) is 0 Å². The summed E-state index contributed by atoms with van der Waals surface area (Å²) in [5, 5.41) is -0.525. The van der Waals surface area contributed by atoms with Crippen LogP contribution >= 0.6 is 11.6 Å². The van der Waals surface area contributed by atoms with Crippen LogP contribution in [0.1, 0.15) is 38.2 Å². The van der Waals surface area contributed by atoms with E-state index in [0.717, 1.165) is 37.5 Å². The highest BCUT2D eigenvalue weighted by Gasteiger charge is 2.48. The van der Waals surface area contributed by atoms with E-state index in [2.05, 4.69) is 0 Å². The van der Waals surface area contributed by atoms with Crippen molar-refractivity contribution in [1.29, 1.82) is 0 Å². The van der Waals surface area contributed by atoms with Gasteiger partial charge in [0.2, 0.25) is 5.91 Å². The van der Waals surface area contributed by atoms with E-state index in [-0.39, 0.29) is 11.3 Å². The molecule has 1 atom stereocenters. The molecule has 120 valence electrons. The van der Waals surface area contributed by atoms with Crippen LogP contribution in [0.2, 0.25) is 5.02 Å². The molecule has 0 saturated heterocycles. The molecule has 1 aromatic carbocycles. The first kappa shape index (κ1) is 15.8. The van der Waals surface area contributed by atoms with Gasteiger partial charge in [-0.1, -0.05) is 36.6 Å². The molecular weight excluding hydrogens is 322 g/mol. The summed E-state index contributed by atoms with van der Waals surface area (Å²) in [5.41, 5.74) is 1.77. The van der Waals surface area contributed by atoms with Gasteiger partial charge < -0.3 is 4.90 Å². The quantitative estimate of drug-likeness (QED) is 0.831. The third-order valence-corrected chi connectivity index (χ3v) is 6.90. The number of halogens is 1. The van der Waals surface area contributed by atoms with E-state index in [1.54, 1.807) is 11.0 Å². The highest BCUT2D eigenvalue weighted by Crippen LogP contribution is 2.52. The third-order valence-electron chi connectivity index (χ3n) is 5.11. The Kier molecular flexibility index (Phi) is 3.76. The maximum absolute atomic E-state index is 12.7. The first-order chi connectivity index (χ1) is 10.3. The lowest BCUT2D eigenvalue weighted by Crippen LogP contribution is -2.43. The van der Waals surface area contributed by atoms with Crippen LogP contribution in [0, 0.1) is 0 Å². The van der Waals surface area contributed by atoms with Gasteiger partial charge in [0.05, 0.1) is 10.7 Å². The van der Waals surface area contributed by atoms with Gasteiger partial charge in [-0.15, -0.1) is 0 Å². The number of fused-ring (bicyclic) bond motifs is 2. The number of hydrogen-bond acceptors (Lipinski definition) is 3. The zero-order valence-electron chi connectivity index (χ0n) is 12.8. The maximum Gasteiger partial charge on any atom is 0.245 e. The molecule has 1 aliphatic heterocycles. The Morgan fingerprint density at radius 1 is 1.32 bits per heavy atom. The molecule has 1 fully saturated rings. The monoisotopic (exact) mass is 341 g/mol. The van der Waals surface area contributed by atoms with Crippen LogP contribution in [-0.4, -0.2) is 32.4 Å². The molecule has 3 rings (SSSR count). The Bertz CT molecular complexity index is 723. The average Bonchev–Trinajstić information content (AvgIpc) is 3.04. The highest BCUT2D eigenvalue weighted by atomic mass is 35.5. The van der Waals surface area contributed by atoms with Crippen LogP contribution in [0.25, 0.3) is 0 Å². The second kappa shape index (κ2) is 5.24. The minimum absolute atomic E-state index is 0.0485. The Balaban J connectivity index is 2.07. The van der Waals surface area contributed by atoms with Crippen molar-refractivity contribution >= 4 is 33.0 Å². The van der Waals surface area contributed by atoms with Crippen molar-refractivity contribution in [3.05, 3.63) is 28.8 Å². The Hall–Kier alpha value is -1.07.